The number of carbonyl (C=O) groups is 2. The van der Waals surface area contributed by atoms with Crippen LogP contribution >= 0.6 is 11.6 Å². The average Bonchev–Trinajstić information content (AvgIpc) is 2.75. The molecule has 5 heteroatoms. The minimum absolute atomic E-state index is 0.0661. The van der Waals surface area contributed by atoms with E-state index in [9.17, 15) is 9.59 Å². The van der Waals surface area contributed by atoms with Crippen molar-refractivity contribution in [2.75, 3.05) is 18.0 Å². The van der Waals surface area contributed by atoms with Gasteiger partial charge in [-0.3, -0.25) is 9.59 Å². The molecule has 0 fully saturated rings. The van der Waals surface area contributed by atoms with Gasteiger partial charge in [-0.15, -0.1) is 0 Å². The van der Waals surface area contributed by atoms with E-state index in [-0.39, 0.29) is 17.7 Å². The van der Waals surface area contributed by atoms with Gasteiger partial charge >= 0.3 is 0 Å². The van der Waals surface area contributed by atoms with Crippen molar-refractivity contribution in [2.45, 2.75) is 58.9 Å². The Bertz CT molecular complexity index is 879. The fourth-order valence-corrected chi connectivity index (χ4v) is 4.18. The topological polar surface area (TPSA) is 40.6 Å². The molecule has 0 radical (unpaired) electrons. The minimum Gasteiger partial charge on any atom is -0.338 e. The average molecular weight is 441 g/mol. The predicted molar refractivity (Wildman–Crippen MR) is 127 cm³/mol. The largest absolute Gasteiger partial charge is 0.338 e. The molecule has 2 amide bonds. The Morgan fingerprint density at radius 2 is 1.55 bits per heavy atom. The van der Waals surface area contributed by atoms with E-state index in [1.54, 1.807) is 0 Å². The zero-order valence-corrected chi connectivity index (χ0v) is 19.4. The van der Waals surface area contributed by atoms with Crippen molar-refractivity contribution in [1.29, 1.82) is 0 Å². The first-order chi connectivity index (χ1) is 15.0. The van der Waals surface area contributed by atoms with E-state index < -0.39 is 0 Å². The molecule has 0 bridgehead atoms. The Labute approximate surface area is 191 Å². The number of hydrogen-bond acceptors (Lipinski definition) is 2. The van der Waals surface area contributed by atoms with E-state index in [4.69, 9.17) is 11.6 Å². The van der Waals surface area contributed by atoms with Gasteiger partial charge in [0, 0.05) is 36.3 Å². The van der Waals surface area contributed by atoms with Crippen LogP contribution < -0.4 is 4.90 Å². The second kappa shape index (κ2) is 11.3. The van der Waals surface area contributed by atoms with Gasteiger partial charge in [0.15, 0.2) is 0 Å². The molecule has 0 atom stereocenters. The number of halogens is 1. The van der Waals surface area contributed by atoms with Crippen molar-refractivity contribution in [2.24, 2.45) is 5.92 Å². The second-order valence-corrected chi connectivity index (χ2v) is 9.10. The van der Waals surface area contributed by atoms with Gasteiger partial charge in [0.1, 0.15) is 0 Å². The molecule has 166 valence electrons. The van der Waals surface area contributed by atoms with Gasteiger partial charge in [-0.1, -0.05) is 75.0 Å². The molecule has 4 nitrogen and oxygen atoms in total. The van der Waals surface area contributed by atoms with Crippen molar-refractivity contribution >= 4 is 29.1 Å². The van der Waals surface area contributed by atoms with E-state index in [1.165, 1.54) is 0 Å². The molecule has 1 aliphatic rings. The summed E-state index contributed by atoms with van der Waals surface area (Å²) in [4.78, 5) is 30.1. The molecular formula is C26H33ClN2O2. The third-order valence-electron chi connectivity index (χ3n) is 5.83. The van der Waals surface area contributed by atoms with Crippen LogP contribution in [0.3, 0.4) is 0 Å². The lowest BCUT2D eigenvalue weighted by molar-refractivity contribution is -0.131. The second-order valence-electron chi connectivity index (χ2n) is 8.66. The number of amides is 2. The van der Waals surface area contributed by atoms with Crippen LogP contribution in [0.25, 0.3) is 0 Å². The van der Waals surface area contributed by atoms with Crippen molar-refractivity contribution in [3.05, 3.63) is 64.7 Å². The van der Waals surface area contributed by atoms with Crippen molar-refractivity contribution in [3.63, 3.8) is 0 Å². The molecule has 0 unspecified atom stereocenters. The molecule has 0 aliphatic carbocycles. The summed E-state index contributed by atoms with van der Waals surface area (Å²) in [6.07, 6.45) is 5.70. The Kier molecular flexibility index (Phi) is 8.53. The number of para-hydroxylation sites is 1. The summed E-state index contributed by atoms with van der Waals surface area (Å²) < 4.78 is 0. The van der Waals surface area contributed by atoms with Crippen molar-refractivity contribution < 1.29 is 9.59 Å². The molecule has 0 N–H and O–H groups in total. The fourth-order valence-electron chi connectivity index (χ4n) is 4.06. The maximum Gasteiger partial charge on any atom is 0.229 e. The van der Waals surface area contributed by atoms with Crippen LogP contribution in [-0.4, -0.2) is 29.8 Å². The molecule has 1 heterocycles. The monoisotopic (exact) mass is 440 g/mol. The van der Waals surface area contributed by atoms with Crippen LogP contribution in [0.2, 0.25) is 5.02 Å². The highest BCUT2D eigenvalue weighted by Crippen LogP contribution is 2.26. The molecule has 2 aromatic rings. The number of anilines is 1. The Morgan fingerprint density at radius 3 is 2.26 bits per heavy atom. The van der Waals surface area contributed by atoms with Gasteiger partial charge in [0.05, 0.1) is 6.42 Å². The van der Waals surface area contributed by atoms with Crippen LogP contribution in [0, 0.1) is 5.92 Å². The van der Waals surface area contributed by atoms with Gasteiger partial charge < -0.3 is 9.80 Å². The zero-order chi connectivity index (χ0) is 22.2. The molecule has 2 aromatic carbocycles. The highest BCUT2D eigenvalue weighted by Gasteiger charge is 2.23. The van der Waals surface area contributed by atoms with Gasteiger partial charge in [-0.2, -0.15) is 0 Å². The normalized spacial score (nSPS) is 15.7. The van der Waals surface area contributed by atoms with Crippen LogP contribution in [0.4, 0.5) is 5.69 Å². The van der Waals surface area contributed by atoms with Crippen molar-refractivity contribution in [3.8, 4) is 0 Å². The summed E-state index contributed by atoms with van der Waals surface area (Å²) in [7, 11) is 0. The summed E-state index contributed by atoms with van der Waals surface area (Å²) in [5.74, 6) is 0.183. The number of benzene rings is 2. The van der Waals surface area contributed by atoms with Crippen molar-refractivity contribution in [1.82, 2.24) is 4.90 Å². The molecule has 0 spiro atoms. The van der Waals surface area contributed by atoms with Crippen LogP contribution in [-0.2, 0) is 22.6 Å². The lowest BCUT2D eigenvalue weighted by atomic mass is 10.0. The fraction of sp³-hybridized carbons (Fsp3) is 0.462. The number of carbonyl (C=O) groups excluding carboxylic acids is 2. The first-order valence-corrected chi connectivity index (χ1v) is 11.7. The van der Waals surface area contributed by atoms with Crippen LogP contribution in [0.15, 0.2) is 48.5 Å². The Balaban J connectivity index is 1.87. The maximum absolute atomic E-state index is 13.2. The summed E-state index contributed by atoms with van der Waals surface area (Å²) in [5, 5.41) is 0.673. The Hall–Kier alpha value is -2.33. The number of hydrogen-bond donors (Lipinski definition) is 0. The summed E-state index contributed by atoms with van der Waals surface area (Å²) in [5.41, 5.74) is 2.93. The van der Waals surface area contributed by atoms with Gasteiger partial charge in [0.2, 0.25) is 11.8 Å². The highest BCUT2D eigenvalue weighted by molar-refractivity contribution is 6.30. The number of nitrogens with zero attached hydrogens (tertiary/aromatic N) is 2. The third-order valence-corrected chi connectivity index (χ3v) is 6.09. The SMILES string of the molecule is CC(C)C(=O)N1CCCCCCCN(C(=O)Cc2ccc(Cl)cc2)Cc2ccccc21. The summed E-state index contributed by atoms with van der Waals surface area (Å²) in [6.45, 7) is 5.88. The maximum atomic E-state index is 13.2. The lowest BCUT2D eigenvalue weighted by Crippen LogP contribution is -2.38. The van der Waals surface area contributed by atoms with E-state index in [1.807, 2.05) is 72.2 Å². The number of fused-ring (bicyclic) bond motifs is 1. The smallest absolute Gasteiger partial charge is 0.229 e. The summed E-state index contributed by atoms with van der Waals surface area (Å²) in [6, 6.07) is 15.5. The van der Waals surface area contributed by atoms with Crippen LogP contribution in [0.5, 0.6) is 0 Å². The van der Waals surface area contributed by atoms with Gasteiger partial charge in [-0.05, 0) is 42.2 Å². The molecule has 0 saturated heterocycles. The summed E-state index contributed by atoms with van der Waals surface area (Å²) >= 11 is 5.99. The lowest BCUT2D eigenvalue weighted by Gasteiger charge is -2.30. The van der Waals surface area contributed by atoms with E-state index in [0.717, 1.165) is 62.0 Å². The van der Waals surface area contributed by atoms with Gasteiger partial charge in [-0.25, -0.2) is 0 Å². The predicted octanol–water partition coefficient (Wildman–Crippen LogP) is 5.86. The molecule has 1 aliphatic heterocycles. The molecule has 0 saturated carbocycles. The first kappa shape index (κ1) is 23.3. The Morgan fingerprint density at radius 1 is 0.903 bits per heavy atom. The molecule has 0 aromatic heterocycles. The highest BCUT2D eigenvalue weighted by atomic mass is 35.5. The molecule has 31 heavy (non-hydrogen) atoms. The quantitative estimate of drug-likeness (QED) is 0.599. The molecule has 3 rings (SSSR count). The van der Waals surface area contributed by atoms with Gasteiger partial charge in [0.25, 0.3) is 0 Å². The van der Waals surface area contributed by atoms with Crippen LogP contribution in [0.1, 0.15) is 57.1 Å². The van der Waals surface area contributed by atoms with E-state index >= 15 is 0 Å². The number of rotatable bonds is 3. The molecular weight excluding hydrogens is 408 g/mol. The minimum atomic E-state index is -0.0661. The first-order valence-electron chi connectivity index (χ1n) is 11.4. The van der Waals surface area contributed by atoms with E-state index in [0.29, 0.717) is 18.0 Å². The zero-order valence-electron chi connectivity index (χ0n) is 18.6. The van der Waals surface area contributed by atoms with E-state index in [2.05, 4.69) is 0 Å². The third kappa shape index (κ3) is 6.57. The standard InChI is InChI=1S/C26H33ClN2O2/c1-20(2)26(31)29-17-9-5-3-4-8-16-28(19-22-10-6-7-11-24(22)29)25(30)18-21-12-14-23(27)15-13-21/h6-7,10-15,20H,3-5,8-9,16-19H2,1-2H3.